The van der Waals surface area contributed by atoms with Crippen molar-refractivity contribution in [1.29, 1.82) is 0 Å². The maximum absolute atomic E-state index is 13.1. The Morgan fingerprint density at radius 2 is 1.88 bits per heavy atom. The molecule has 1 N–H and O–H groups in total. The summed E-state index contributed by atoms with van der Waals surface area (Å²) in [5.41, 5.74) is 4.48. The second-order valence-electron chi connectivity index (χ2n) is 9.07. The minimum atomic E-state index is -0.129. The van der Waals surface area contributed by atoms with E-state index in [9.17, 15) is 9.59 Å². The van der Waals surface area contributed by atoms with Crippen molar-refractivity contribution in [2.75, 3.05) is 32.1 Å². The van der Waals surface area contributed by atoms with Crippen LogP contribution in [-0.4, -0.2) is 61.0 Å². The number of amides is 3. The van der Waals surface area contributed by atoms with Gasteiger partial charge < -0.3 is 15.1 Å². The fraction of sp³-hybridized carbons (Fsp3) is 0.308. The molecule has 3 aromatic rings. The van der Waals surface area contributed by atoms with Crippen molar-refractivity contribution in [2.45, 2.75) is 25.0 Å². The predicted molar refractivity (Wildman–Crippen MR) is 138 cm³/mol. The lowest BCUT2D eigenvalue weighted by Crippen LogP contribution is -2.44. The number of anilines is 1. The molecule has 0 spiro atoms. The number of nitrogens with one attached hydrogen (secondary N) is 1. The van der Waals surface area contributed by atoms with E-state index >= 15 is 0 Å². The summed E-state index contributed by atoms with van der Waals surface area (Å²) in [4.78, 5) is 32.2. The molecule has 2 fully saturated rings. The first-order chi connectivity index (χ1) is 16.4. The summed E-state index contributed by atoms with van der Waals surface area (Å²) in [6.07, 6.45) is 0.761. The molecular weight excluding hydrogens is 468 g/mol. The average molecular weight is 495 g/mol. The summed E-state index contributed by atoms with van der Waals surface area (Å²) >= 11 is 7.24. The van der Waals surface area contributed by atoms with Gasteiger partial charge in [-0.15, -0.1) is 11.3 Å². The molecule has 8 heteroatoms. The maximum Gasteiger partial charge on any atom is 0.324 e. The van der Waals surface area contributed by atoms with Gasteiger partial charge in [-0.3, -0.25) is 9.69 Å². The molecule has 34 heavy (non-hydrogen) atoms. The molecule has 2 aliphatic rings. The van der Waals surface area contributed by atoms with E-state index in [1.807, 2.05) is 21.9 Å². The van der Waals surface area contributed by atoms with E-state index in [2.05, 4.69) is 60.7 Å². The number of carbonyl (C=O) groups is 2. The number of hydrogen-bond acceptors (Lipinski definition) is 4. The van der Waals surface area contributed by atoms with Crippen molar-refractivity contribution >= 4 is 40.6 Å². The number of urea groups is 1. The minimum Gasteiger partial charge on any atom is -0.346 e. The number of thiophene rings is 1. The highest BCUT2D eigenvalue weighted by atomic mass is 35.5. The van der Waals surface area contributed by atoms with E-state index in [0.717, 1.165) is 24.2 Å². The molecule has 3 amide bonds. The predicted octanol–water partition coefficient (Wildman–Crippen LogP) is 4.94. The number of benzene rings is 2. The summed E-state index contributed by atoms with van der Waals surface area (Å²) in [6, 6.07) is 20.0. The van der Waals surface area contributed by atoms with Crippen molar-refractivity contribution in [3.63, 3.8) is 0 Å². The van der Waals surface area contributed by atoms with E-state index < -0.39 is 0 Å². The average Bonchev–Trinajstić information content (AvgIpc) is 3.51. The van der Waals surface area contributed by atoms with Gasteiger partial charge in [0.25, 0.3) is 5.91 Å². The molecule has 2 aromatic carbocycles. The Morgan fingerprint density at radius 3 is 2.59 bits per heavy atom. The zero-order valence-electron chi connectivity index (χ0n) is 19.2. The van der Waals surface area contributed by atoms with Crippen molar-refractivity contribution in [3.8, 4) is 11.1 Å². The zero-order chi connectivity index (χ0) is 23.8. The molecule has 3 heterocycles. The van der Waals surface area contributed by atoms with Crippen molar-refractivity contribution in [2.24, 2.45) is 0 Å². The number of fused-ring (bicyclic) bond motifs is 1. The zero-order valence-corrected chi connectivity index (χ0v) is 20.8. The standard InChI is InChI=1S/C26H27ClN4O2S/c1-29(2)15-18-5-3-4-6-20(18)17-7-9-19(10-8-17)31-16-22-21(13-14-30(22)26(31)33)28-25(32)23-11-12-24(27)34-23/h3-12,21-22H,13-16H2,1-2H3,(H,28,32)/t21-,22-/m1/s1. The molecule has 0 saturated carbocycles. The number of nitrogens with zero attached hydrogens (tertiary/aromatic N) is 3. The second kappa shape index (κ2) is 9.41. The third-order valence-electron chi connectivity index (χ3n) is 6.50. The Bertz CT molecular complexity index is 1210. The second-order valence-corrected chi connectivity index (χ2v) is 10.8. The SMILES string of the molecule is CN(C)Cc1ccccc1-c1ccc(N2C[C@@H]3[C@H](NC(=O)c4ccc(Cl)s4)CCN3C2=O)cc1. The van der Waals surface area contributed by atoms with Gasteiger partial charge >= 0.3 is 6.03 Å². The van der Waals surface area contributed by atoms with E-state index in [1.54, 1.807) is 12.1 Å². The Hall–Kier alpha value is -2.87. The van der Waals surface area contributed by atoms with Gasteiger partial charge in [0.2, 0.25) is 0 Å². The van der Waals surface area contributed by atoms with E-state index in [-0.39, 0.29) is 24.0 Å². The molecule has 0 radical (unpaired) electrons. The molecule has 6 nitrogen and oxygen atoms in total. The van der Waals surface area contributed by atoms with Crippen LogP contribution in [0.4, 0.5) is 10.5 Å². The molecule has 0 unspecified atom stereocenters. The van der Waals surface area contributed by atoms with Gasteiger partial charge in [-0.05, 0) is 61.5 Å². The highest BCUT2D eigenvalue weighted by molar-refractivity contribution is 7.18. The first-order valence-corrected chi connectivity index (χ1v) is 12.6. The van der Waals surface area contributed by atoms with Crippen LogP contribution in [0, 0.1) is 0 Å². The summed E-state index contributed by atoms with van der Waals surface area (Å²) in [6.45, 7) is 2.07. The van der Waals surface area contributed by atoms with Crippen LogP contribution in [0.3, 0.4) is 0 Å². The fourth-order valence-electron chi connectivity index (χ4n) is 4.90. The first-order valence-electron chi connectivity index (χ1n) is 11.4. The number of carbonyl (C=O) groups excluding carboxylic acids is 2. The number of rotatable bonds is 6. The van der Waals surface area contributed by atoms with Crippen molar-refractivity contribution in [3.05, 3.63) is 75.4 Å². The van der Waals surface area contributed by atoms with Gasteiger partial charge in [-0.1, -0.05) is 48.0 Å². The lowest BCUT2D eigenvalue weighted by atomic mass is 9.99. The molecule has 2 saturated heterocycles. The normalized spacial score (nSPS) is 19.7. The lowest BCUT2D eigenvalue weighted by Gasteiger charge is -2.20. The monoisotopic (exact) mass is 494 g/mol. The molecule has 0 bridgehead atoms. The molecular formula is C26H27ClN4O2S. The van der Waals surface area contributed by atoms with Crippen LogP contribution in [-0.2, 0) is 6.54 Å². The third-order valence-corrected chi connectivity index (χ3v) is 7.73. The van der Waals surface area contributed by atoms with Gasteiger partial charge in [0.15, 0.2) is 0 Å². The molecule has 0 aliphatic carbocycles. The van der Waals surface area contributed by atoms with Crippen LogP contribution in [0.25, 0.3) is 11.1 Å². The minimum absolute atomic E-state index is 0.00155. The topological polar surface area (TPSA) is 55.9 Å². The van der Waals surface area contributed by atoms with Gasteiger partial charge in [-0.2, -0.15) is 0 Å². The quantitative estimate of drug-likeness (QED) is 0.528. The van der Waals surface area contributed by atoms with Gasteiger partial charge in [0.1, 0.15) is 0 Å². The molecule has 176 valence electrons. The Kier molecular flexibility index (Phi) is 6.34. The summed E-state index contributed by atoms with van der Waals surface area (Å²) in [5, 5.41) is 3.11. The van der Waals surface area contributed by atoms with E-state index in [1.165, 1.54) is 22.5 Å². The van der Waals surface area contributed by atoms with E-state index in [0.29, 0.717) is 22.3 Å². The van der Waals surface area contributed by atoms with Crippen LogP contribution in [0.5, 0.6) is 0 Å². The summed E-state index contributed by atoms with van der Waals surface area (Å²) in [5.74, 6) is -0.129. The summed E-state index contributed by atoms with van der Waals surface area (Å²) in [7, 11) is 4.13. The van der Waals surface area contributed by atoms with E-state index in [4.69, 9.17) is 11.6 Å². The lowest BCUT2D eigenvalue weighted by molar-refractivity contribution is 0.0935. The fourth-order valence-corrected chi connectivity index (χ4v) is 5.84. The smallest absolute Gasteiger partial charge is 0.324 e. The van der Waals surface area contributed by atoms with Gasteiger partial charge in [0, 0.05) is 18.8 Å². The van der Waals surface area contributed by atoms with Gasteiger partial charge in [-0.25, -0.2) is 4.79 Å². The van der Waals surface area contributed by atoms with Crippen LogP contribution >= 0.6 is 22.9 Å². The molecule has 2 atom stereocenters. The Labute approximate surface area is 208 Å². The molecule has 2 aliphatic heterocycles. The highest BCUT2D eigenvalue weighted by Crippen LogP contribution is 2.33. The highest BCUT2D eigenvalue weighted by Gasteiger charge is 2.46. The summed E-state index contributed by atoms with van der Waals surface area (Å²) < 4.78 is 0.591. The van der Waals surface area contributed by atoms with Crippen LogP contribution in [0.15, 0.2) is 60.7 Å². The van der Waals surface area contributed by atoms with Crippen LogP contribution in [0.2, 0.25) is 4.34 Å². The third kappa shape index (κ3) is 4.43. The van der Waals surface area contributed by atoms with Gasteiger partial charge in [0.05, 0.1) is 27.8 Å². The van der Waals surface area contributed by atoms with Crippen molar-refractivity contribution in [1.82, 2.24) is 15.1 Å². The van der Waals surface area contributed by atoms with Crippen molar-refractivity contribution < 1.29 is 9.59 Å². The van der Waals surface area contributed by atoms with Crippen LogP contribution < -0.4 is 10.2 Å². The number of hydrogen-bond donors (Lipinski definition) is 1. The largest absolute Gasteiger partial charge is 0.346 e. The molecule has 5 rings (SSSR count). The number of halogens is 1. The first kappa shape index (κ1) is 22.9. The molecule has 1 aromatic heterocycles. The Morgan fingerprint density at radius 1 is 1.12 bits per heavy atom. The Balaban J connectivity index is 1.30. The van der Waals surface area contributed by atoms with Crippen LogP contribution in [0.1, 0.15) is 21.7 Å². The maximum atomic E-state index is 13.1.